The number of benzene rings is 2. The van der Waals surface area contributed by atoms with Crippen molar-refractivity contribution < 1.29 is 65.5 Å². The standard InChI is InChI=1S/2C8H10.C7H13NO.3C5H12.C4H10.C3H8O.2C2H6.7CH5N.11CH2O.4H3N.2H2/c2*1-2-8-6-4-3-5-7-8;1-7(9)8-5-3-2-4-6-8;3*1-4-5(2)3;1-4(2)3;1-3(2)4;20*1-2;;;;;;/h2*3-7H,2H2,1H3;2-6H2,1H3;3*5H,4H2,1-3H3;4H,1-3H3;3-4H,1-2H3;2*1-2H3;7*2H2,1H3;11*1H2;4*1H3;2*1H. The maximum absolute atomic E-state index is 10.7. The molecular formula is C67H172N12O13. The molecule has 25 nitrogen and oxygen atoms in total. The zero-order chi connectivity index (χ0) is 78.3. The first-order valence-corrected chi connectivity index (χ1v) is 28.7. The van der Waals surface area contributed by atoms with Crippen molar-refractivity contribution >= 4 is 80.6 Å². The second-order valence-electron chi connectivity index (χ2n) is 14.5. The predicted molar refractivity (Wildman–Crippen MR) is 417 cm³/mol. The molecule has 0 atom stereocenters. The molecule has 1 amide bonds. The van der Waals surface area contributed by atoms with E-state index < -0.39 is 0 Å². The topological polar surface area (TPSA) is 550 Å². The van der Waals surface area contributed by atoms with E-state index in [-0.39, 0.29) is 39.5 Å². The van der Waals surface area contributed by atoms with E-state index in [1.165, 1.54) is 99.0 Å². The summed E-state index contributed by atoms with van der Waals surface area (Å²) >= 11 is 0. The first kappa shape index (κ1) is 191. The zero-order valence-electron chi connectivity index (χ0n) is 65.7. The van der Waals surface area contributed by atoms with Gasteiger partial charge in [-0.15, -0.1) is 0 Å². The van der Waals surface area contributed by atoms with Gasteiger partial charge in [-0.3, -0.25) is 4.79 Å². The molecular weight excluding hydrogens is 1180 g/mol. The number of rotatable bonds is 5. The predicted octanol–water partition coefficient (Wildman–Crippen LogP) is 11.9. The molecule has 1 heterocycles. The smallest absolute Gasteiger partial charge is 0.219 e. The number of nitrogens with two attached hydrogens (primary N) is 7. The van der Waals surface area contributed by atoms with Gasteiger partial charge in [0.25, 0.3) is 0 Å². The number of hydrogen-bond acceptors (Lipinski definition) is 24. The summed E-state index contributed by atoms with van der Waals surface area (Å²) in [7, 11) is 10.5. The maximum Gasteiger partial charge on any atom is 0.219 e. The minimum Gasteiger partial charge on any atom is -0.394 e. The quantitative estimate of drug-likeness (QED) is 0.132. The van der Waals surface area contributed by atoms with E-state index >= 15 is 0 Å². The van der Waals surface area contributed by atoms with Gasteiger partial charge in [0.15, 0.2) is 0 Å². The van der Waals surface area contributed by atoms with Crippen molar-refractivity contribution in [2.24, 2.45) is 63.8 Å². The van der Waals surface area contributed by atoms with Crippen molar-refractivity contribution in [3.8, 4) is 0 Å². The molecule has 2 aromatic rings. The zero-order valence-corrected chi connectivity index (χ0v) is 65.7. The number of aliphatic hydroxyl groups excluding tert-OH is 1. The van der Waals surface area contributed by atoms with Gasteiger partial charge in [0.05, 0.1) is 0 Å². The van der Waals surface area contributed by atoms with Crippen LogP contribution in [0.15, 0.2) is 60.7 Å². The van der Waals surface area contributed by atoms with Gasteiger partial charge >= 0.3 is 0 Å². The van der Waals surface area contributed by atoms with E-state index in [9.17, 15) is 4.79 Å². The molecule has 1 aliphatic heterocycles. The third-order valence-electron chi connectivity index (χ3n) is 6.75. The van der Waals surface area contributed by atoms with E-state index in [4.69, 9.17) is 57.8 Å². The lowest BCUT2D eigenvalue weighted by Gasteiger charge is -2.24. The van der Waals surface area contributed by atoms with Gasteiger partial charge in [0.1, 0.15) is 74.7 Å². The summed E-state index contributed by atoms with van der Waals surface area (Å²) < 4.78 is 0. The molecule has 27 N–H and O–H groups in total. The number of nitrogens with zero attached hydrogens (tertiary/aromatic N) is 1. The Kier molecular flexibility index (Phi) is 744. The third kappa shape index (κ3) is 568. The Morgan fingerprint density at radius 1 is 0.370 bits per heavy atom. The van der Waals surface area contributed by atoms with E-state index in [0.717, 1.165) is 49.6 Å². The molecule has 3 rings (SSSR count). The molecule has 0 unspecified atom stereocenters. The van der Waals surface area contributed by atoms with Gasteiger partial charge < -0.3 is 127 Å². The van der Waals surface area contributed by atoms with Gasteiger partial charge in [-0.05, 0) is 130 Å². The van der Waals surface area contributed by atoms with E-state index in [0.29, 0.717) is 0 Å². The minimum absolute atomic E-state index is 0. The molecule has 0 aliphatic carbocycles. The SMILES string of the molecule is C=O.C=O.C=O.C=O.C=O.C=O.C=O.C=O.C=O.C=O.C=O.CC.CC.CC(=O)N1CCCCC1.CC(C)C.CC(C)O.CCC(C)C.CCC(C)C.CCC(C)C.CCc1ccccc1.CCc1ccccc1.CN.CN.CN.CN.CN.CN.CN.N.N.N.N.[HH].[HH]. The molecule has 92 heavy (non-hydrogen) atoms. The number of aryl methyl sites for hydroxylation is 2. The first-order valence-electron chi connectivity index (χ1n) is 28.7. The summed E-state index contributed by atoms with van der Waals surface area (Å²) in [4.78, 5) is 101. The largest absolute Gasteiger partial charge is 0.394 e. The Labute approximate surface area is 574 Å². The highest BCUT2D eigenvalue weighted by molar-refractivity contribution is 5.73. The summed E-state index contributed by atoms with van der Waals surface area (Å²) in [5.41, 5.74) is 34.3. The monoisotopic (exact) mass is 1350 g/mol. The van der Waals surface area contributed by atoms with Gasteiger partial charge in [-0.2, -0.15) is 0 Å². The second kappa shape index (κ2) is 358. The van der Waals surface area contributed by atoms with Crippen molar-refractivity contribution in [1.82, 2.24) is 29.5 Å². The van der Waals surface area contributed by atoms with E-state index in [1.54, 1.807) is 20.8 Å². The highest BCUT2D eigenvalue weighted by Gasteiger charge is 2.11. The fourth-order valence-corrected chi connectivity index (χ4v) is 2.64. The molecule has 25 heteroatoms. The van der Waals surface area contributed by atoms with Gasteiger partial charge in [0, 0.05) is 29.0 Å². The molecule has 0 aromatic heterocycles. The summed E-state index contributed by atoms with van der Waals surface area (Å²) in [6, 6.07) is 20.9. The number of piperidine rings is 1. The molecule has 0 bridgehead atoms. The van der Waals surface area contributed by atoms with Crippen molar-refractivity contribution in [2.45, 2.75) is 203 Å². The number of amides is 1. The number of aliphatic hydroxyl groups is 1. The molecule has 1 aliphatic rings. The highest BCUT2D eigenvalue weighted by Crippen LogP contribution is 2.07. The number of likely N-dealkylation sites (tertiary alicyclic amines) is 1. The fraction of sp³-hybridized carbons (Fsp3) is 0.642. The van der Waals surface area contributed by atoms with Crippen molar-refractivity contribution in [3.63, 3.8) is 0 Å². The van der Waals surface area contributed by atoms with Crippen LogP contribution in [0.5, 0.6) is 0 Å². The molecule has 0 radical (unpaired) electrons. The van der Waals surface area contributed by atoms with Crippen molar-refractivity contribution in [3.05, 3.63) is 71.8 Å². The molecule has 2 aromatic carbocycles. The van der Waals surface area contributed by atoms with Crippen molar-refractivity contribution in [2.75, 3.05) is 62.4 Å². The second-order valence-corrected chi connectivity index (χ2v) is 14.5. The van der Waals surface area contributed by atoms with Crippen LogP contribution in [0.1, 0.15) is 198 Å². The normalized spacial score (nSPS) is 6.95. The van der Waals surface area contributed by atoms with Crippen LogP contribution in [-0.2, 0) is 70.4 Å². The molecule has 1 fully saturated rings. The lowest BCUT2D eigenvalue weighted by Crippen LogP contribution is -2.33. The highest BCUT2D eigenvalue weighted by atomic mass is 16.3. The van der Waals surface area contributed by atoms with E-state index in [2.05, 4.69) is 186 Å². The Bertz CT molecular complexity index is 982. The molecule has 0 saturated carbocycles. The van der Waals surface area contributed by atoms with Crippen LogP contribution in [-0.4, -0.2) is 159 Å². The summed E-state index contributed by atoms with van der Waals surface area (Å²) in [5.74, 6) is 3.72. The van der Waals surface area contributed by atoms with Crippen LogP contribution in [0, 0.1) is 23.7 Å². The molecule has 0 spiro atoms. The van der Waals surface area contributed by atoms with Crippen LogP contribution >= 0.6 is 0 Å². The van der Waals surface area contributed by atoms with Crippen LogP contribution in [0.25, 0.3) is 0 Å². The number of hydrogen-bond donors (Lipinski definition) is 12. The lowest BCUT2D eigenvalue weighted by molar-refractivity contribution is -0.129. The summed E-state index contributed by atoms with van der Waals surface area (Å²) in [6.07, 6.45) is 9.71. The van der Waals surface area contributed by atoms with Gasteiger partial charge in [0.2, 0.25) is 5.91 Å². The van der Waals surface area contributed by atoms with Gasteiger partial charge in [-0.25, -0.2) is 0 Å². The Hall–Kier alpha value is -6.20. The summed E-state index contributed by atoms with van der Waals surface area (Å²) in [5, 5.41) is 8.06. The number of carbonyl (C=O) groups excluding carboxylic acids is 12. The minimum atomic E-state index is -0.167. The van der Waals surface area contributed by atoms with Crippen molar-refractivity contribution in [1.29, 1.82) is 0 Å². The number of carbonyl (C=O) groups is 12. The van der Waals surface area contributed by atoms with Crippen LogP contribution < -0.4 is 64.7 Å². The van der Waals surface area contributed by atoms with Crippen LogP contribution in [0.4, 0.5) is 0 Å². The maximum atomic E-state index is 10.7. The fourth-order valence-electron chi connectivity index (χ4n) is 2.64. The molecule has 1 saturated heterocycles. The average Bonchev–Trinajstić information content (AvgIpc) is 3.64. The summed E-state index contributed by atoms with van der Waals surface area (Å²) in [6.45, 7) is 67.8. The average molecular weight is 1350 g/mol. The lowest BCUT2D eigenvalue weighted by atomic mass is 10.1. The Morgan fingerprint density at radius 3 is 0.554 bits per heavy atom. The van der Waals surface area contributed by atoms with E-state index in [1.807, 2.05) is 119 Å². The first-order chi connectivity index (χ1) is 42.4. The Morgan fingerprint density at radius 2 is 0.489 bits per heavy atom. The van der Waals surface area contributed by atoms with Crippen LogP contribution in [0.2, 0.25) is 0 Å². The van der Waals surface area contributed by atoms with Crippen LogP contribution in [0.3, 0.4) is 0 Å². The third-order valence-corrected chi connectivity index (χ3v) is 6.75. The Balaban J connectivity index is -0.0000000154. The molecule has 578 valence electrons. The van der Waals surface area contributed by atoms with Gasteiger partial charge in [-0.1, -0.05) is 205 Å².